The van der Waals surface area contributed by atoms with Gasteiger partial charge in [-0.05, 0) is 29.6 Å². The van der Waals surface area contributed by atoms with Crippen molar-refractivity contribution in [3.05, 3.63) is 40.0 Å². The van der Waals surface area contributed by atoms with E-state index >= 15 is 0 Å². The number of azide groups is 1. The summed E-state index contributed by atoms with van der Waals surface area (Å²) in [5.41, 5.74) is 8.50. The molecule has 0 aliphatic rings. The Kier molecular flexibility index (Phi) is 4.57. The molecule has 0 fully saturated rings. The molecule has 0 radical (unpaired) electrons. The van der Waals surface area contributed by atoms with Crippen LogP contribution in [0.1, 0.15) is 18.1 Å². The Bertz CT molecular complexity index is 405. The van der Waals surface area contributed by atoms with Gasteiger partial charge in [0.05, 0.1) is 13.2 Å². The molecule has 0 bridgehead atoms. The summed E-state index contributed by atoms with van der Waals surface area (Å²) in [5, 5.41) is 12.9. The Balaban J connectivity index is 2.72. The highest BCUT2D eigenvalue weighted by Gasteiger charge is 2.10. The molecule has 1 aromatic carbocycles. The molecular weight excluding hydrogens is 213 g/mol. The van der Waals surface area contributed by atoms with Crippen LogP contribution in [-0.4, -0.2) is 18.8 Å². The average Bonchev–Trinajstić information content (AvgIpc) is 2.29. The number of nitrogens with zero attached hydrogens (tertiary/aromatic N) is 3. The smallest absolute Gasteiger partial charge is 0.165 e. The maximum absolute atomic E-state index is 13.3. The second-order valence-corrected chi connectivity index (χ2v) is 3.15. The van der Waals surface area contributed by atoms with Crippen molar-refractivity contribution in [2.75, 3.05) is 13.7 Å². The molecule has 1 aromatic rings. The van der Waals surface area contributed by atoms with E-state index in [1.54, 1.807) is 6.07 Å². The number of hydrogen-bond acceptors (Lipinski definition) is 3. The van der Waals surface area contributed by atoms with Gasteiger partial charge in [0.1, 0.15) is 0 Å². The fourth-order valence-electron chi connectivity index (χ4n) is 1.28. The van der Waals surface area contributed by atoms with Crippen molar-refractivity contribution in [2.45, 2.75) is 12.5 Å². The van der Waals surface area contributed by atoms with Crippen molar-refractivity contribution in [2.24, 2.45) is 5.11 Å². The van der Waals surface area contributed by atoms with Crippen LogP contribution in [-0.2, 0) is 0 Å². The first-order valence-corrected chi connectivity index (χ1v) is 4.71. The minimum Gasteiger partial charge on any atom is -0.494 e. The zero-order valence-electron chi connectivity index (χ0n) is 8.80. The van der Waals surface area contributed by atoms with E-state index in [0.29, 0.717) is 5.56 Å². The second kappa shape index (κ2) is 5.95. The fraction of sp³-hybridized carbons (Fsp3) is 0.400. The summed E-state index contributed by atoms with van der Waals surface area (Å²) >= 11 is 0. The molecule has 0 amide bonds. The number of aliphatic hydroxyl groups is 1. The summed E-state index contributed by atoms with van der Waals surface area (Å²) in [4.78, 5) is 2.57. The van der Waals surface area contributed by atoms with Gasteiger partial charge in [0.2, 0.25) is 0 Å². The molecule has 0 saturated carbocycles. The first-order chi connectivity index (χ1) is 7.69. The molecule has 0 aromatic heterocycles. The van der Waals surface area contributed by atoms with Gasteiger partial charge in [-0.25, -0.2) is 4.39 Å². The third-order valence-electron chi connectivity index (χ3n) is 2.13. The minimum atomic E-state index is -0.842. The first kappa shape index (κ1) is 12.3. The van der Waals surface area contributed by atoms with Crippen molar-refractivity contribution < 1.29 is 14.2 Å². The van der Waals surface area contributed by atoms with Crippen LogP contribution in [0.2, 0.25) is 0 Å². The van der Waals surface area contributed by atoms with Gasteiger partial charge in [0, 0.05) is 11.5 Å². The third kappa shape index (κ3) is 3.12. The molecule has 0 saturated heterocycles. The molecule has 0 aliphatic carbocycles. The van der Waals surface area contributed by atoms with Crippen LogP contribution in [0.3, 0.4) is 0 Å². The second-order valence-electron chi connectivity index (χ2n) is 3.15. The van der Waals surface area contributed by atoms with Gasteiger partial charge in [-0.15, -0.1) is 0 Å². The highest BCUT2D eigenvalue weighted by Crippen LogP contribution is 2.23. The lowest BCUT2D eigenvalue weighted by Crippen LogP contribution is -2.00. The first-order valence-electron chi connectivity index (χ1n) is 4.71. The molecule has 5 nitrogen and oxygen atoms in total. The maximum Gasteiger partial charge on any atom is 0.165 e. The zero-order valence-corrected chi connectivity index (χ0v) is 8.80. The Morgan fingerprint density at radius 1 is 1.62 bits per heavy atom. The maximum atomic E-state index is 13.3. The lowest BCUT2D eigenvalue weighted by atomic mass is 10.1. The van der Waals surface area contributed by atoms with E-state index < -0.39 is 11.9 Å². The van der Waals surface area contributed by atoms with E-state index in [9.17, 15) is 9.50 Å². The molecule has 0 spiro atoms. The lowest BCUT2D eigenvalue weighted by Gasteiger charge is -2.10. The topological polar surface area (TPSA) is 78.2 Å². The molecule has 0 aliphatic heterocycles. The molecule has 6 heteroatoms. The van der Waals surface area contributed by atoms with Crippen LogP contribution < -0.4 is 4.74 Å². The average molecular weight is 225 g/mol. The molecule has 16 heavy (non-hydrogen) atoms. The Hall–Kier alpha value is -1.78. The van der Waals surface area contributed by atoms with Gasteiger partial charge in [0.25, 0.3) is 0 Å². The quantitative estimate of drug-likeness (QED) is 0.474. The van der Waals surface area contributed by atoms with Gasteiger partial charge >= 0.3 is 0 Å². The zero-order chi connectivity index (χ0) is 12.0. The summed E-state index contributed by atoms with van der Waals surface area (Å²) in [6.07, 6.45) is -0.582. The van der Waals surface area contributed by atoms with Crippen LogP contribution >= 0.6 is 0 Å². The fourth-order valence-corrected chi connectivity index (χ4v) is 1.28. The van der Waals surface area contributed by atoms with Crippen molar-refractivity contribution in [3.8, 4) is 5.75 Å². The van der Waals surface area contributed by atoms with Crippen LogP contribution in [0.25, 0.3) is 10.4 Å². The number of benzene rings is 1. The van der Waals surface area contributed by atoms with Gasteiger partial charge in [0.15, 0.2) is 11.6 Å². The van der Waals surface area contributed by atoms with E-state index in [4.69, 9.17) is 10.3 Å². The summed E-state index contributed by atoms with van der Waals surface area (Å²) in [7, 11) is 1.37. The molecule has 1 rings (SSSR count). The van der Waals surface area contributed by atoms with Crippen molar-refractivity contribution >= 4 is 0 Å². The normalized spacial score (nSPS) is 11.7. The molecule has 86 valence electrons. The monoisotopic (exact) mass is 225 g/mol. The van der Waals surface area contributed by atoms with Crippen molar-refractivity contribution in [1.82, 2.24) is 0 Å². The number of aliphatic hydroxyl groups excluding tert-OH is 1. The van der Waals surface area contributed by atoms with Crippen molar-refractivity contribution in [3.63, 3.8) is 0 Å². The van der Waals surface area contributed by atoms with Crippen LogP contribution in [0.4, 0.5) is 4.39 Å². The van der Waals surface area contributed by atoms with E-state index in [0.717, 1.165) is 0 Å². The predicted molar refractivity (Wildman–Crippen MR) is 56.5 cm³/mol. The summed E-state index contributed by atoms with van der Waals surface area (Å²) in [6.45, 7) is 0.172. The molecule has 1 atom stereocenters. The molecular formula is C10H12FN3O2. The van der Waals surface area contributed by atoms with E-state index in [-0.39, 0.29) is 18.7 Å². The summed E-state index contributed by atoms with van der Waals surface area (Å²) in [6, 6.07) is 4.23. The Morgan fingerprint density at radius 3 is 2.94 bits per heavy atom. The number of methoxy groups -OCH3 is 1. The minimum absolute atomic E-state index is 0.131. The summed E-state index contributed by atoms with van der Waals surface area (Å²) < 4.78 is 18.0. The standard InChI is InChI=1S/C10H12FN3O2/c1-16-10-3-2-7(6-8(10)11)9(15)4-5-13-14-12/h2-3,6,9,15H,4-5H2,1H3. The SMILES string of the molecule is COc1ccc(C(O)CCN=[N+]=[N-])cc1F. The largest absolute Gasteiger partial charge is 0.494 e. The van der Waals surface area contributed by atoms with Crippen LogP contribution in [0, 0.1) is 5.82 Å². The van der Waals surface area contributed by atoms with Crippen molar-refractivity contribution in [1.29, 1.82) is 0 Å². The molecule has 1 N–H and O–H groups in total. The number of halogens is 1. The number of rotatable bonds is 5. The Morgan fingerprint density at radius 2 is 2.38 bits per heavy atom. The Labute approximate surface area is 92.1 Å². The van der Waals surface area contributed by atoms with E-state index in [1.165, 1.54) is 19.2 Å². The van der Waals surface area contributed by atoms with Gasteiger partial charge in [-0.3, -0.25) is 0 Å². The van der Waals surface area contributed by atoms with Crippen LogP contribution in [0.15, 0.2) is 23.3 Å². The molecule has 0 heterocycles. The van der Waals surface area contributed by atoms with Gasteiger partial charge in [-0.1, -0.05) is 11.2 Å². The predicted octanol–water partition coefficient (Wildman–Crippen LogP) is 2.57. The number of hydrogen-bond donors (Lipinski definition) is 1. The molecule has 1 unspecified atom stereocenters. The highest BCUT2D eigenvalue weighted by atomic mass is 19.1. The summed E-state index contributed by atoms with van der Waals surface area (Å²) in [5.74, 6) is -0.395. The van der Waals surface area contributed by atoms with Gasteiger partial charge in [-0.2, -0.15) is 0 Å². The number of ether oxygens (including phenoxy) is 1. The van der Waals surface area contributed by atoms with E-state index in [2.05, 4.69) is 10.0 Å². The highest BCUT2D eigenvalue weighted by molar-refractivity contribution is 5.30. The van der Waals surface area contributed by atoms with Gasteiger partial charge < -0.3 is 9.84 Å². The van der Waals surface area contributed by atoms with E-state index in [1.807, 2.05) is 0 Å². The van der Waals surface area contributed by atoms with Crippen LogP contribution in [0.5, 0.6) is 5.75 Å². The third-order valence-corrected chi connectivity index (χ3v) is 2.13. The lowest BCUT2D eigenvalue weighted by molar-refractivity contribution is 0.169.